The van der Waals surface area contributed by atoms with Gasteiger partial charge in [-0.05, 0) is 48.5 Å². The van der Waals surface area contributed by atoms with Gasteiger partial charge in [-0.25, -0.2) is 4.57 Å². The topological polar surface area (TPSA) is 33.6 Å². The molecule has 7 rings (SSSR count). The molecular formula is C33H23N3S. The molecule has 2 aromatic heterocycles. The van der Waals surface area contributed by atoms with E-state index in [4.69, 9.17) is 0 Å². The van der Waals surface area contributed by atoms with Crippen molar-refractivity contribution in [1.82, 2.24) is 8.54 Å². The Bertz CT molecular complexity index is 1830. The van der Waals surface area contributed by atoms with Crippen molar-refractivity contribution in [2.45, 2.75) is 14.7 Å². The van der Waals surface area contributed by atoms with Gasteiger partial charge in [0.15, 0.2) is 6.19 Å². The Kier molecular flexibility index (Phi) is 4.92. The van der Waals surface area contributed by atoms with Crippen molar-refractivity contribution in [3.05, 3.63) is 140 Å². The van der Waals surface area contributed by atoms with Crippen LogP contribution in [0, 0.1) is 11.5 Å². The highest BCUT2D eigenvalue weighted by Gasteiger charge is 2.37. The molecule has 3 nitrogen and oxygen atoms in total. The molecule has 0 atom stereocenters. The molecule has 2 heterocycles. The molecule has 0 aliphatic carbocycles. The Morgan fingerprint density at radius 1 is 0.486 bits per heavy atom. The molecule has 0 aliphatic rings. The van der Waals surface area contributed by atoms with Gasteiger partial charge in [0.05, 0.1) is 11.0 Å². The lowest BCUT2D eigenvalue weighted by atomic mass is 10.1. The number of hydrogen-bond acceptors (Lipinski definition) is 1. The maximum Gasteiger partial charge on any atom is 0.190 e. The number of fused-ring (bicyclic) bond motifs is 5. The molecule has 0 saturated heterocycles. The number of rotatable bonds is 4. The van der Waals surface area contributed by atoms with Crippen LogP contribution < -0.4 is 0 Å². The number of aromatic nitrogens is 2. The van der Waals surface area contributed by atoms with Crippen molar-refractivity contribution in [2.24, 2.45) is 0 Å². The maximum absolute atomic E-state index is 10.6. The smallest absolute Gasteiger partial charge is 0.190 e. The van der Waals surface area contributed by atoms with Crippen LogP contribution in [-0.4, -0.2) is 8.54 Å². The van der Waals surface area contributed by atoms with Gasteiger partial charge in [-0.15, -0.1) is 0 Å². The van der Waals surface area contributed by atoms with Crippen molar-refractivity contribution in [1.29, 1.82) is 5.26 Å². The minimum atomic E-state index is -2.06. The molecule has 7 aromatic rings. The molecule has 37 heavy (non-hydrogen) atoms. The predicted octanol–water partition coefficient (Wildman–Crippen LogP) is 8.82. The van der Waals surface area contributed by atoms with Crippen LogP contribution in [0.2, 0.25) is 0 Å². The quantitative estimate of drug-likeness (QED) is 0.241. The van der Waals surface area contributed by atoms with E-state index in [1.807, 2.05) is 16.7 Å². The minimum absolute atomic E-state index is 0.927. The molecule has 0 amide bonds. The summed E-state index contributed by atoms with van der Waals surface area (Å²) >= 11 is 0. The number of benzene rings is 5. The van der Waals surface area contributed by atoms with Crippen LogP contribution in [0.15, 0.2) is 154 Å². The fourth-order valence-corrected chi connectivity index (χ4v) is 9.60. The average molecular weight is 494 g/mol. The van der Waals surface area contributed by atoms with Crippen molar-refractivity contribution in [2.75, 3.05) is 0 Å². The van der Waals surface area contributed by atoms with E-state index in [9.17, 15) is 5.26 Å². The first-order valence-electron chi connectivity index (χ1n) is 12.3. The Morgan fingerprint density at radius 2 is 0.892 bits per heavy atom. The maximum atomic E-state index is 10.6. The van der Waals surface area contributed by atoms with E-state index in [2.05, 4.69) is 138 Å². The van der Waals surface area contributed by atoms with E-state index in [1.165, 1.54) is 14.7 Å². The third-order valence-corrected chi connectivity index (χ3v) is 10.8. The van der Waals surface area contributed by atoms with Crippen molar-refractivity contribution < 1.29 is 0 Å². The molecule has 0 unspecified atom stereocenters. The van der Waals surface area contributed by atoms with E-state index >= 15 is 0 Å². The average Bonchev–Trinajstić information content (AvgIpc) is 3.48. The Hall–Kier alpha value is -4.72. The van der Waals surface area contributed by atoms with Gasteiger partial charge in [0.1, 0.15) is 5.65 Å². The SMILES string of the molecule is N#Cn1c2ccccc2c2c3ccccc3n(S(c3ccccc3)(c3ccccc3)c3ccccc3)c21. The third-order valence-electron chi connectivity index (χ3n) is 7.06. The second-order valence-corrected chi connectivity index (χ2v) is 11.9. The van der Waals surface area contributed by atoms with Crippen molar-refractivity contribution in [3.8, 4) is 6.19 Å². The van der Waals surface area contributed by atoms with Gasteiger partial charge in [0, 0.05) is 30.8 Å². The van der Waals surface area contributed by atoms with E-state index in [-0.39, 0.29) is 0 Å². The normalized spacial score (nSPS) is 12.2. The highest BCUT2D eigenvalue weighted by Crippen LogP contribution is 2.71. The Labute approximate surface area is 216 Å². The molecule has 0 N–H and O–H groups in total. The molecule has 0 aliphatic heterocycles. The molecule has 0 bridgehead atoms. The summed E-state index contributed by atoms with van der Waals surface area (Å²) in [6.45, 7) is 0. The fourth-order valence-electron chi connectivity index (χ4n) is 5.62. The van der Waals surface area contributed by atoms with Gasteiger partial charge >= 0.3 is 0 Å². The van der Waals surface area contributed by atoms with E-state index in [0.29, 0.717) is 0 Å². The Balaban J connectivity index is 1.82. The predicted molar refractivity (Wildman–Crippen MR) is 153 cm³/mol. The van der Waals surface area contributed by atoms with Gasteiger partial charge in [0.25, 0.3) is 0 Å². The first kappa shape index (κ1) is 21.6. The lowest BCUT2D eigenvalue weighted by Crippen LogP contribution is -2.14. The van der Waals surface area contributed by atoms with Crippen LogP contribution in [0.25, 0.3) is 32.8 Å². The summed E-state index contributed by atoms with van der Waals surface area (Å²) in [4.78, 5) is 3.64. The Morgan fingerprint density at radius 3 is 1.38 bits per heavy atom. The summed E-state index contributed by atoms with van der Waals surface area (Å²) in [5.74, 6) is 0. The second-order valence-electron chi connectivity index (χ2n) is 8.98. The van der Waals surface area contributed by atoms with E-state index in [1.54, 1.807) is 0 Å². The monoisotopic (exact) mass is 493 g/mol. The van der Waals surface area contributed by atoms with Crippen LogP contribution in [0.1, 0.15) is 0 Å². The molecule has 5 aromatic carbocycles. The first-order chi connectivity index (χ1) is 18.4. The summed E-state index contributed by atoms with van der Waals surface area (Å²) in [5.41, 5.74) is 2.97. The van der Waals surface area contributed by atoms with Crippen LogP contribution >= 0.6 is 10.2 Å². The van der Waals surface area contributed by atoms with Gasteiger partial charge in [-0.1, -0.05) is 101 Å². The highest BCUT2D eigenvalue weighted by molar-refractivity contribution is 8.32. The zero-order chi connectivity index (χ0) is 24.8. The van der Waals surface area contributed by atoms with Crippen LogP contribution in [0.4, 0.5) is 0 Å². The molecule has 0 saturated carbocycles. The number of nitriles is 1. The summed E-state index contributed by atoms with van der Waals surface area (Å²) in [7, 11) is -2.06. The largest absolute Gasteiger partial charge is 0.274 e. The van der Waals surface area contributed by atoms with E-state index < -0.39 is 10.2 Å². The zero-order valence-corrected chi connectivity index (χ0v) is 20.8. The van der Waals surface area contributed by atoms with Crippen molar-refractivity contribution in [3.63, 3.8) is 0 Å². The summed E-state index contributed by atoms with van der Waals surface area (Å²) in [6.07, 6.45) is 2.53. The standard InChI is InChI=1S/C33H23N3S/c34-24-35-30-22-12-10-20-28(30)32-29-21-11-13-23-31(29)36(33(32)35)37(25-14-4-1-5-15-25,26-16-6-2-7-17-26)27-18-8-3-9-19-27/h1-23H. The second kappa shape index (κ2) is 8.44. The molecule has 176 valence electrons. The van der Waals surface area contributed by atoms with Gasteiger partial charge in [0.2, 0.25) is 0 Å². The zero-order valence-electron chi connectivity index (χ0n) is 20.0. The number of nitrogens with zero attached hydrogens (tertiary/aromatic N) is 3. The number of hydrogen-bond donors (Lipinski definition) is 0. The van der Waals surface area contributed by atoms with Gasteiger partial charge in [-0.3, -0.25) is 3.97 Å². The van der Waals surface area contributed by atoms with Gasteiger partial charge in [-0.2, -0.15) is 5.26 Å². The highest BCUT2D eigenvalue weighted by atomic mass is 32.3. The minimum Gasteiger partial charge on any atom is -0.274 e. The lowest BCUT2D eigenvalue weighted by Gasteiger charge is -2.43. The fraction of sp³-hybridized carbons (Fsp3) is 0. The molecule has 0 fully saturated rings. The molecule has 0 radical (unpaired) electrons. The third kappa shape index (κ3) is 2.95. The van der Waals surface area contributed by atoms with E-state index in [0.717, 1.165) is 32.8 Å². The molecule has 0 spiro atoms. The van der Waals surface area contributed by atoms with Crippen molar-refractivity contribution >= 4 is 43.1 Å². The summed E-state index contributed by atoms with van der Waals surface area (Å²) < 4.78 is 4.29. The molecule has 4 heteroatoms. The van der Waals surface area contributed by atoms with Crippen LogP contribution in [-0.2, 0) is 0 Å². The molecular weight excluding hydrogens is 470 g/mol. The van der Waals surface area contributed by atoms with Gasteiger partial charge < -0.3 is 0 Å². The lowest BCUT2D eigenvalue weighted by molar-refractivity contribution is 1.12. The van der Waals surface area contributed by atoms with Crippen LogP contribution in [0.3, 0.4) is 0 Å². The summed E-state index contributed by atoms with van der Waals surface area (Å²) in [6, 6.07) is 49.1. The number of para-hydroxylation sites is 2. The first-order valence-corrected chi connectivity index (χ1v) is 13.9. The summed E-state index contributed by atoms with van der Waals surface area (Å²) in [5, 5.41) is 13.9. The van der Waals surface area contributed by atoms with Crippen LogP contribution in [0.5, 0.6) is 0 Å².